The molecule has 0 aliphatic heterocycles. The third kappa shape index (κ3) is 4.57. The first-order valence-corrected chi connectivity index (χ1v) is 13.3. The summed E-state index contributed by atoms with van der Waals surface area (Å²) in [6.45, 7) is 3.54. The smallest absolute Gasteiger partial charge is 0.281 e. The van der Waals surface area contributed by atoms with Gasteiger partial charge < -0.3 is 4.74 Å². The van der Waals surface area contributed by atoms with Gasteiger partial charge in [0.2, 0.25) is 5.88 Å². The molecule has 5 rings (SSSR count). The molecule has 1 aliphatic carbocycles. The molecule has 4 aromatic rings. The molecule has 0 spiro atoms. The average molecular weight is 513 g/mol. The third-order valence-electron chi connectivity index (χ3n) is 6.43. The van der Waals surface area contributed by atoms with Crippen LogP contribution in [0.5, 0.6) is 5.88 Å². The number of benzene rings is 1. The van der Waals surface area contributed by atoms with E-state index >= 15 is 0 Å². The second-order valence-electron chi connectivity index (χ2n) is 9.06. The van der Waals surface area contributed by atoms with E-state index in [-0.39, 0.29) is 27.5 Å². The SMILES string of the molecule is Cc1ccc(S(=O)(=O)n2cc(-c3cc(OC4CCCCC4)nc(C)n3)c3c(C(F)F)nccc32)cc1. The van der Waals surface area contributed by atoms with Gasteiger partial charge in [0.1, 0.15) is 17.6 Å². The molecule has 0 atom stereocenters. The van der Waals surface area contributed by atoms with Gasteiger partial charge in [0.05, 0.1) is 16.1 Å². The van der Waals surface area contributed by atoms with Gasteiger partial charge in [-0.2, -0.15) is 4.98 Å². The van der Waals surface area contributed by atoms with Crippen LogP contribution in [-0.4, -0.2) is 33.4 Å². The fourth-order valence-corrected chi connectivity index (χ4v) is 6.02. The molecule has 3 heterocycles. The number of aryl methyl sites for hydroxylation is 2. The second-order valence-corrected chi connectivity index (χ2v) is 10.9. The maximum Gasteiger partial charge on any atom is 0.281 e. The van der Waals surface area contributed by atoms with Gasteiger partial charge in [0.15, 0.2) is 0 Å². The highest BCUT2D eigenvalue weighted by molar-refractivity contribution is 7.90. The van der Waals surface area contributed by atoms with Crippen molar-refractivity contribution in [2.45, 2.75) is 63.4 Å². The molecule has 0 bridgehead atoms. The third-order valence-corrected chi connectivity index (χ3v) is 8.11. The van der Waals surface area contributed by atoms with E-state index in [0.29, 0.717) is 17.4 Å². The lowest BCUT2D eigenvalue weighted by molar-refractivity contribution is 0.148. The topological polar surface area (TPSA) is 87.0 Å². The van der Waals surface area contributed by atoms with Crippen LogP contribution >= 0.6 is 0 Å². The van der Waals surface area contributed by atoms with Gasteiger partial charge in [-0.05, 0) is 57.7 Å². The summed E-state index contributed by atoms with van der Waals surface area (Å²) in [7, 11) is -4.09. The van der Waals surface area contributed by atoms with E-state index in [9.17, 15) is 17.2 Å². The number of rotatable bonds is 6. The summed E-state index contributed by atoms with van der Waals surface area (Å²) >= 11 is 0. The molecule has 1 saturated carbocycles. The van der Waals surface area contributed by atoms with Crippen LogP contribution in [-0.2, 0) is 10.0 Å². The number of alkyl halides is 2. The number of nitrogens with zero attached hydrogens (tertiary/aromatic N) is 4. The van der Waals surface area contributed by atoms with Crippen molar-refractivity contribution in [3.8, 4) is 17.1 Å². The highest BCUT2D eigenvalue weighted by Gasteiger charge is 2.27. The van der Waals surface area contributed by atoms with Gasteiger partial charge in [-0.1, -0.05) is 24.1 Å². The molecule has 36 heavy (non-hydrogen) atoms. The zero-order chi connectivity index (χ0) is 25.4. The van der Waals surface area contributed by atoms with Crippen molar-refractivity contribution < 1.29 is 21.9 Å². The molecule has 0 amide bonds. The van der Waals surface area contributed by atoms with E-state index in [1.165, 1.54) is 37.0 Å². The predicted octanol–water partition coefficient (Wildman–Crippen LogP) is 6.00. The minimum Gasteiger partial charge on any atom is -0.474 e. The zero-order valence-corrected chi connectivity index (χ0v) is 20.8. The quantitative estimate of drug-likeness (QED) is 0.315. The Morgan fingerprint density at radius 2 is 1.75 bits per heavy atom. The minimum absolute atomic E-state index is 0.0300. The summed E-state index contributed by atoms with van der Waals surface area (Å²) in [5, 5.41) is 0.0323. The Morgan fingerprint density at radius 1 is 1.03 bits per heavy atom. The lowest BCUT2D eigenvalue weighted by atomic mass is 9.98. The normalized spacial score (nSPS) is 15.0. The van der Waals surface area contributed by atoms with Crippen molar-refractivity contribution in [2.75, 3.05) is 0 Å². The van der Waals surface area contributed by atoms with E-state index in [1.807, 2.05) is 6.92 Å². The molecule has 0 saturated heterocycles. The molecule has 0 unspecified atom stereocenters. The van der Waals surface area contributed by atoms with E-state index in [1.54, 1.807) is 25.1 Å². The number of ether oxygens (including phenoxy) is 1. The van der Waals surface area contributed by atoms with Crippen LogP contribution in [0.1, 0.15) is 55.6 Å². The van der Waals surface area contributed by atoms with Crippen LogP contribution in [0, 0.1) is 13.8 Å². The Labute approximate surface area is 208 Å². The summed E-state index contributed by atoms with van der Waals surface area (Å²) in [6, 6.07) is 9.38. The summed E-state index contributed by atoms with van der Waals surface area (Å²) in [5.74, 6) is 0.734. The highest BCUT2D eigenvalue weighted by atomic mass is 32.2. The van der Waals surface area contributed by atoms with Crippen molar-refractivity contribution in [2.24, 2.45) is 0 Å². The summed E-state index contributed by atoms with van der Waals surface area (Å²) in [5.41, 5.74) is 1.01. The van der Waals surface area contributed by atoms with Gasteiger partial charge in [-0.15, -0.1) is 0 Å². The van der Waals surface area contributed by atoms with Crippen molar-refractivity contribution in [3.05, 3.63) is 65.9 Å². The van der Waals surface area contributed by atoms with Crippen LogP contribution in [0.15, 0.2) is 53.7 Å². The molecule has 0 N–H and O–H groups in total. The van der Waals surface area contributed by atoms with E-state index in [4.69, 9.17) is 4.74 Å². The fourth-order valence-electron chi connectivity index (χ4n) is 4.65. The van der Waals surface area contributed by atoms with Crippen LogP contribution < -0.4 is 4.74 Å². The first kappa shape index (κ1) is 24.3. The van der Waals surface area contributed by atoms with Crippen LogP contribution in [0.4, 0.5) is 8.78 Å². The standard InChI is InChI=1S/C26H26F2N4O3S/c1-16-8-10-19(11-9-16)36(33,34)32-15-20(24-22(32)12-13-29-25(24)26(27)28)21-14-23(31-17(2)30-21)35-18-6-4-3-5-7-18/h8-15,18,26H,3-7H2,1-2H3. The molecular formula is C26H26F2N4O3S. The van der Waals surface area contributed by atoms with Gasteiger partial charge in [0.25, 0.3) is 16.4 Å². The molecule has 3 aromatic heterocycles. The van der Waals surface area contributed by atoms with Gasteiger partial charge in [0, 0.05) is 29.4 Å². The Hall–Kier alpha value is -3.40. The Bertz CT molecular complexity index is 1510. The number of hydrogen-bond donors (Lipinski definition) is 0. The van der Waals surface area contributed by atoms with E-state index in [0.717, 1.165) is 35.2 Å². The van der Waals surface area contributed by atoms with Crippen LogP contribution in [0.2, 0.25) is 0 Å². The molecule has 1 fully saturated rings. The molecule has 188 valence electrons. The minimum atomic E-state index is -4.09. The fraction of sp³-hybridized carbons (Fsp3) is 0.346. The lowest BCUT2D eigenvalue weighted by Crippen LogP contribution is -2.20. The van der Waals surface area contributed by atoms with Crippen LogP contribution in [0.3, 0.4) is 0 Å². The first-order valence-electron chi connectivity index (χ1n) is 11.9. The van der Waals surface area contributed by atoms with Gasteiger partial charge in [-0.3, -0.25) is 4.98 Å². The summed E-state index contributed by atoms with van der Waals surface area (Å²) < 4.78 is 62.4. The lowest BCUT2D eigenvalue weighted by Gasteiger charge is -2.22. The molecule has 0 radical (unpaired) electrons. The first-order chi connectivity index (χ1) is 17.2. The van der Waals surface area contributed by atoms with E-state index < -0.39 is 22.1 Å². The largest absolute Gasteiger partial charge is 0.474 e. The van der Waals surface area contributed by atoms with Crippen molar-refractivity contribution in [1.29, 1.82) is 0 Å². The number of fused-ring (bicyclic) bond motifs is 1. The average Bonchev–Trinajstić information content (AvgIpc) is 3.25. The Kier molecular flexibility index (Phi) is 6.46. The molecule has 10 heteroatoms. The highest BCUT2D eigenvalue weighted by Crippen LogP contribution is 2.38. The maximum atomic E-state index is 14.1. The van der Waals surface area contributed by atoms with E-state index in [2.05, 4.69) is 15.0 Å². The van der Waals surface area contributed by atoms with Gasteiger partial charge in [-0.25, -0.2) is 26.2 Å². The van der Waals surface area contributed by atoms with Crippen molar-refractivity contribution in [3.63, 3.8) is 0 Å². The van der Waals surface area contributed by atoms with Crippen LogP contribution in [0.25, 0.3) is 22.2 Å². The monoisotopic (exact) mass is 512 g/mol. The van der Waals surface area contributed by atoms with Gasteiger partial charge >= 0.3 is 0 Å². The second kappa shape index (κ2) is 9.57. The number of hydrogen-bond acceptors (Lipinski definition) is 6. The van der Waals surface area contributed by atoms with Crippen molar-refractivity contribution >= 4 is 20.9 Å². The molecular weight excluding hydrogens is 486 g/mol. The number of halogens is 2. The Morgan fingerprint density at radius 3 is 2.44 bits per heavy atom. The predicted molar refractivity (Wildman–Crippen MR) is 132 cm³/mol. The summed E-state index contributed by atoms with van der Waals surface area (Å²) in [4.78, 5) is 12.8. The summed E-state index contributed by atoms with van der Waals surface area (Å²) in [6.07, 6.45) is 4.82. The Balaban J connectivity index is 1.69. The molecule has 1 aliphatic rings. The number of aromatic nitrogens is 4. The zero-order valence-electron chi connectivity index (χ0n) is 20.0. The number of pyridine rings is 1. The molecule has 1 aromatic carbocycles. The molecule has 7 nitrogen and oxygen atoms in total. The maximum absolute atomic E-state index is 14.1. The van der Waals surface area contributed by atoms with Crippen molar-refractivity contribution in [1.82, 2.24) is 18.9 Å².